The lowest BCUT2D eigenvalue weighted by atomic mass is 9.73. The van der Waals surface area contributed by atoms with Gasteiger partial charge >= 0.3 is 6.03 Å². The Balaban J connectivity index is 1.90. The largest absolute Gasteiger partial charge is 0.373 e. The molecule has 1 saturated heterocycles. The summed E-state index contributed by atoms with van der Waals surface area (Å²) in [6.07, 6.45) is 0.276. The van der Waals surface area contributed by atoms with Gasteiger partial charge in [-0.2, -0.15) is 0 Å². The van der Waals surface area contributed by atoms with Gasteiger partial charge in [0.25, 0.3) is 0 Å². The first kappa shape index (κ1) is 17.5. The zero-order valence-corrected chi connectivity index (χ0v) is 16.0. The molecule has 1 N–H and O–H groups in total. The third-order valence-corrected chi connectivity index (χ3v) is 5.55. The van der Waals surface area contributed by atoms with Gasteiger partial charge in [-0.25, -0.2) is 4.79 Å². The Labute approximate surface area is 158 Å². The summed E-state index contributed by atoms with van der Waals surface area (Å²) in [5.41, 5.74) is -0.0489. The maximum atomic E-state index is 13.5. The van der Waals surface area contributed by atoms with Gasteiger partial charge in [0.05, 0.1) is 0 Å². The predicted molar refractivity (Wildman–Crippen MR) is 103 cm³/mol. The van der Waals surface area contributed by atoms with Gasteiger partial charge in [-0.15, -0.1) is 0 Å². The first-order valence-electron chi connectivity index (χ1n) is 9.07. The number of carbonyl (C=O) groups excluding carboxylic acids is 3. The second kappa shape index (κ2) is 5.55. The lowest BCUT2D eigenvalue weighted by Gasteiger charge is -2.48. The molecule has 2 aromatic rings. The molecule has 27 heavy (non-hydrogen) atoms. The van der Waals surface area contributed by atoms with Crippen LogP contribution in [-0.4, -0.2) is 41.9 Å². The standard InChI is InChI=1S/C21H23N3O3/c1-20(2,3)24-18(26)21(17(25)22-19(24)27)11-15-14-8-6-5-7-13(14)9-10-16(15)23(4)12-21/h5-10H,11-12H2,1-4H3,(H,22,25,27)/t21-/m0/s1. The van der Waals surface area contributed by atoms with Crippen LogP contribution in [0.1, 0.15) is 26.3 Å². The van der Waals surface area contributed by atoms with Crippen LogP contribution in [0.25, 0.3) is 10.8 Å². The van der Waals surface area contributed by atoms with E-state index in [1.165, 1.54) is 4.90 Å². The van der Waals surface area contributed by atoms with E-state index in [-0.39, 0.29) is 13.0 Å². The van der Waals surface area contributed by atoms with Crippen LogP contribution in [0.15, 0.2) is 36.4 Å². The van der Waals surface area contributed by atoms with Crippen LogP contribution in [-0.2, 0) is 16.0 Å². The quantitative estimate of drug-likeness (QED) is 0.729. The summed E-state index contributed by atoms with van der Waals surface area (Å²) in [5.74, 6) is -0.933. The van der Waals surface area contributed by atoms with E-state index in [1.807, 2.05) is 42.3 Å². The lowest BCUT2D eigenvalue weighted by Crippen LogP contribution is -2.71. The summed E-state index contributed by atoms with van der Waals surface area (Å²) in [6, 6.07) is 11.4. The average Bonchev–Trinajstić information content (AvgIpc) is 2.59. The minimum absolute atomic E-state index is 0.239. The molecule has 2 aromatic carbocycles. The van der Waals surface area contributed by atoms with Gasteiger partial charge in [-0.05, 0) is 43.2 Å². The molecule has 0 unspecified atom stereocenters. The summed E-state index contributed by atoms with van der Waals surface area (Å²) in [5, 5.41) is 4.52. The predicted octanol–water partition coefficient (Wildman–Crippen LogP) is 2.70. The molecule has 140 valence electrons. The number of benzene rings is 2. The monoisotopic (exact) mass is 365 g/mol. The van der Waals surface area contributed by atoms with Gasteiger partial charge in [-0.1, -0.05) is 30.3 Å². The van der Waals surface area contributed by atoms with Crippen molar-refractivity contribution in [1.82, 2.24) is 10.2 Å². The molecule has 6 nitrogen and oxygen atoms in total. The minimum Gasteiger partial charge on any atom is -0.373 e. The highest BCUT2D eigenvalue weighted by atomic mass is 16.2. The molecule has 6 heteroatoms. The second-order valence-electron chi connectivity index (χ2n) is 8.47. The zero-order valence-electron chi connectivity index (χ0n) is 16.0. The topological polar surface area (TPSA) is 69.7 Å². The number of hydrogen-bond acceptors (Lipinski definition) is 4. The van der Waals surface area contributed by atoms with E-state index in [9.17, 15) is 14.4 Å². The number of rotatable bonds is 0. The number of nitrogens with zero attached hydrogens (tertiary/aromatic N) is 2. The van der Waals surface area contributed by atoms with Gasteiger partial charge < -0.3 is 4.90 Å². The molecule has 1 atom stereocenters. The molecule has 4 rings (SSSR count). The third-order valence-electron chi connectivity index (χ3n) is 5.55. The summed E-state index contributed by atoms with van der Waals surface area (Å²) >= 11 is 0. The fourth-order valence-corrected chi connectivity index (χ4v) is 4.30. The van der Waals surface area contributed by atoms with Gasteiger partial charge in [0.2, 0.25) is 11.8 Å². The Hall–Kier alpha value is -2.89. The van der Waals surface area contributed by atoms with E-state index < -0.39 is 28.8 Å². The Morgan fingerprint density at radius 3 is 2.44 bits per heavy atom. The SMILES string of the molecule is CN1C[C@@]2(Cc3c1ccc1ccccc31)C(=O)NC(=O)N(C(C)(C)C)C2=O. The normalized spacial score (nSPS) is 23.0. The van der Waals surface area contributed by atoms with Crippen molar-refractivity contribution in [2.24, 2.45) is 5.41 Å². The van der Waals surface area contributed by atoms with Crippen LogP contribution in [0.4, 0.5) is 10.5 Å². The van der Waals surface area contributed by atoms with E-state index >= 15 is 0 Å². The first-order valence-corrected chi connectivity index (χ1v) is 9.07. The van der Waals surface area contributed by atoms with E-state index in [2.05, 4.69) is 11.4 Å². The maximum absolute atomic E-state index is 13.5. The van der Waals surface area contributed by atoms with Crippen molar-refractivity contribution in [2.45, 2.75) is 32.7 Å². The number of anilines is 1. The van der Waals surface area contributed by atoms with E-state index in [0.29, 0.717) is 0 Å². The summed E-state index contributed by atoms with van der Waals surface area (Å²) < 4.78 is 0. The summed E-state index contributed by atoms with van der Waals surface area (Å²) in [6.45, 7) is 5.63. The third kappa shape index (κ3) is 2.43. The zero-order chi connectivity index (χ0) is 19.6. The number of hydrogen-bond donors (Lipinski definition) is 1. The lowest BCUT2D eigenvalue weighted by molar-refractivity contribution is -0.154. The minimum atomic E-state index is -1.31. The maximum Gasteiger partial charge on any atom is 0.331 e. The molecule has 4 amide bonds. The average molecular weight is 365 g/mol. The number of nitrogens with one attached hydrogen (secondary N) is 1. The molecule has 1 fully saturated rings. The highest BCUT2D eigenvalue weighted by molar-refractivity contribution is 6.20. The molecular formula is C21H23N3O3. The number of imide groups is 2. The molecule has 0 aliphatic carbocycles. The van der Waals surface area contributed by atoms with Crippen molar-refractivity contribution in [1.29, 1.82) is 0 Å². The Bertz CT molecular complexity index is 992. The fourth-order valence-electron chi connectivity index (χ4n) is 4.30. The van der Waals surface area contributed by atoms with Gasteiger partial charge in [0.1, 0.15) is 5.41 Å². The van der Waals surface area contributed by atoms with Crippen molar-refractivity contribution >= 4 is 34.3 Å². The molecule has 0 saturated carbocycles. The Morgan fingerprint density at radius 1 is 1.04 bits per heavy atom. The van der Waals surface area contributed by atoms with Crippen LogP contribution >= 0.6 is 0 Å². The van der Waals surface area contributed by atoms with Crippen molar-refractivity contribution in [2.75, 3.05) is 18.5 Å². The molecule has 0 bridgehead atoms. The van der Waals surface area contributed by atoms with Crippen molar-refractivity contribution in [3.63, 3.8) is 0 Å². The Kier molecular flexibility index (Phi) is 3.60. The summed E-state index contributed by atoms with van der Waals surface area (Å²) in [7, 11) is 1.88. The molecule has 2 aliphatic rings. The molecule has 2 heterocycles. The number of fused-ring (bicyclic) bond motifs is 3. The molecule has 1 spiro atoms. The van der Waals surface area contributed by atoms with Crippen molar-refractivity contribution in [3.8, 4) is 0 Å². The van der Waals surface area contributed by atoms with Crippen LogP contribution in [0.2, 0.25) is 0 Å². The molecule has 0 aromatic heterocycles. The first-order chi connectivity index (χ1) is 12.6. The van der Waals surface area contributed by atoms with Crippen LogP contribution in [0.3, 0.4) is 0 Å². The number of barbiturate groups is 1. The van der Waals surface area contributed by atoms with E-state index in [4.69, 9.17) is 0 Å². The van der Waals surface area contributed by atoms with Gasteiger partial charge in [-0.3, -0.25) is 19.8 Å². The van der Waals surface area contributed by atoms with Crippen LogP contribution in [0, 0.1) is 5.41 Å². The van der Waals surface area contributed by atoms with Gasteiger partial charge in [0, 0.05) is 31.2 Å². The summed E-state index contributed by atoms with van der Waals surface area (Å²) in [4.78, 5) is 42.0. The van der Waals surface area contributed by atoms with Crippen LogP contribution in [0.5, 0.6) is 0 Å². The van der Waals surface area contributed by atoms with Gasteiger partial charge in [0.15, 0.2) is 0 Å². The number of amides is 4. The Morgan fingerprint density at radius 2 is 1.74 bits per heavy atom. The molecule has 0 radical (unpaired) electrons. The molecule has 2 aliphatic heterocycles. The van der Waals surface area contributed by atoms with E-state index in [1.54, 1.807) is 20.8 Å². The highest BCUT2D eigenvalue weighted by Crippen LogP contribution is 2.43. The van der Waals surface area contributed by atoms with E-state index in [0.717, 1.165) is 22.0 Å². The fraction of sp³-hybridized carbons (Fsp3) is 0.381. The van der Waals surface area contributed by atoms with Crippen LogP contribution < -0.4 is 10.2 Å². The number of urea groups is 1. The molecular weight excluding hydrogens is 342 g/mol. The number of carbonyl (C=O) groups is 3. The van der Waals surface area contributed by atoms with Crippen molar-refractivity contribution < 1.29 is 14.4 Å². The smallest absolute Gasteiger partial charge is 0.331 e. The second-order valence-corrected chi connectivity index (χ2v) is 8.47. The van der Waals surface area contributed by atoms with Crippen molar-refractivity contribution in [3.05, 3.63) is 42.0 Å². The highest BCUT2D eigenvalue weighted by Gasteiger charge is 2.58.